The monoisotopic (exact) mass is 396 g/mol. The summed E-state index contributed by atoms with van der Waals surface area (Å²) in [6.07, 6.45) is 0. The third kappa shape index (κ3) is 4.70. The van der Waals surface area contributed by atoms with Crippen molar-refractivity contribution in [2.24, 2.45) is 0 Å². The van der Waals surface area contributed by atoms with Crippen LogP contribution < -0.4 is 20.3 Å². The van der Waals surface area contributed by atoms with E-state index in [1.54, 1.807) is 43.3 Å². The number of methoxy groups -OCH3 is 1. The van der Waals surface area contributed by atoms with Gasteiger partial charge in [-0.25, -0.2) is 0 Å². The molecule has 1 heterocycles. The summed E-state index contributed by atoms with van der Waals surface area (Å²) in [4.78, 5) is 28.7. The predicted molar refractivity (Wildman–Crippen MR) is 104 cm³/mol. The Morgan fingerprint density at radius 1 is 1.00 bits per heavy atom. The minimum Gasteiger partial charge on any atom is -0.493 e. The largest absolute Gasteiger partial charge is 0.493 e. The quantitative estimate of drug-likeness (QED) is 0.615. The van der Waals surface area contributed by atoms with Crippen LogP contribution in [0.1, 0.15) is 33.5 Å². The van der Waals surface area contributed by atoms with Gasteiger partial charge in [-0.1, -0.05) is 5.16 Å². The van der Waals surface area contributed by atoms with Crippen molar-refractivity contribution in [2.75, 3.05) is 13.7 Å². The standard InChI is InChI=1S/C20H20N4O5/c1-4-28-16-10-9-15(11-17(16)27-3)19(26)23-22-18(25)13-5-7-14(8-6-13)20-21-12(2)24-29-20/h5-11H,4H2,1-3H3,(H,22,25)(H,23,26). The van der Waals surface area contributed by atoms with Crippen molar-refractivity contribution in [1.82, 2.24) is 21.0 Å². The summed E-state index contributed by atoms with van der Waals surface area (Å²) in [6.45, 7) is 4.05. The van der Waals surface area contributed by atoms with Crippen LogP contribution in [-0.4, -0.2) is 35.7 Å². The molecular formula is C20H20N4O5. The fraction of sp³-hybridized carbons (Fsp3) is 0.200. The van der Waals surface area contributed by atoms with Crippen LogP contribution in [0.4, 0.5) is 0 Å². The molecule has 0 aliphatic carbocycles. The summed E-state index contributed by atoms with van der Waals surface area (Å²) in [6, 6.07) is 11.3. The maximum absolute atomic E-state index is 12.3. The Hall–Kier alpha value is -3.88. The number of nitrogens with one attached hydrogen (secondary N) is 2. The summed E-state index contributed by atoms with van der Waals surface area (Å²) in [5, 5.41) is 3.73. The first-order valence-electron chi connectivity index (χ1n) is 8.84. The summed E-state index contributed by atoms with van der Waals surface area (Å²) in [5.41, 5.74) is 6.11. The number of nitrogens with zero attached hydrogens (tertiary/aromatic N) is 2. The second kappa shape index (κ2) is 8.87. The van der Waals surface area contributed by atoms with E-state index in [-0.39, 0.29) is 0 Å². The van der Waals surface area contributed by atoms with E-state index in [9.17, 15) is 9.59 Å². The van der Waals surface area contributed by atoms with E-state index in [2.05, 4.69) is 21.0 Å². The molecule has 0 radical (unpaired) electrons. The number of aromatic nitrogens is 2. The Bertz CT molecular complexity index is 1010. The molecule has 0 bridgehead atoms. The normalized spacial score (nSPS) is 10.3. The van der Waals surface area contributed by atoms with Crippen molar-refractivity contribution < 1.29 is 23.6 Å². The van der Waals surface area contributed by atoms with E-state index in [0.717, 1.165) is 0 Å². The van der Waals surface area contributed by atoms with Gasteiger partial charge in [0.05, 0.1) is 13.7 Å². The van der Waals surface area contributed by atoms with Crippen LogP contribution in [-0.2, 0) is 0 Å². The first-order chi connectivity index (χ1) is 14.0. The van der Waals surface area contributed by atoms with Crippen LogP contribution in [0.15, 0.2) is 47.0 Å². The smallest absolute Gasteiger partial charge is 0.269 e. The van der Waals surface area contributed by atoms with Crippen LogP contribution in [0.5, 0.6) is 11.5 Å². The molecule has 0 unspecified atom stereocenters. The van der Waals surface area contributed by atoms with Crippen molar-refractivity contribution >= 4 is 11.8 Å². The molecule has 29 heavy (non-hydrogen) atoms. The second-order valence-corrected chi connectivity index (χ2v) is 5.93. The minimum absolute atomic E-state index is 0.313. The Kier molecular flexibility index (Phi) is 6.08. The molecule has 9 heteroatoms. The summed E-state index contributed by atoms with van der Waals surface area (Å²) >= 11 is 0. The van der Waals surface area contributed by atoms with Crippen molar-refractivity contribution in [2.45, 2.75) is 13.8 Å². The lowest BCUT2D eigenvalue weighted by molar-refractivity contribution is 0.0846. The maximum Gasteiger partial charge on any atom is 0.269 e. The Labute approximate surface area is 167 Å². The molecule has 9 nitrogen and oxygen atoms in total. The molecule has 2 aromatic carbocycles. The maximum atomic E-state index is 12.3. The lowest BCUT2D eigenvalue weighted by Crippen LogP contribution is -2.41. The van der Waals surface area contributed by atoms with E-state index < -0.39 is 11.8 Å². The number of hydrazine groups is 1. The average Bonchev–Trinajstić information content (AvgIpc) is 3.18. The zero-order valence-electron chi connectivity index (χ0n) is 16.2. The number of aryl methyl sites for hydroxylation is 1. The fourth-order valence-electron chi connectivity index (χ4n) is 2.52. The molecule has 0 atom stereocenters. The molecule has 0 saturated heterocycles. The lowest BCUT2D eigenvalue weighted by atomic mass is 10.1. The Balaban J connectivity index is 1.62. The van der Waals surface area contributed by atoms with E-state index in [4.69, 9.17) is 14.0 Å². The van der Waals surface area contributed by atoms with Crippen LogP contribution in [0.25, 0.3) is 11.5 Å². The lowest BCUT2D eigenvalue weighted by Gasteiger charge is -2.11. The van der Waals surface area contributed by atoms with E-state index in [1.807, 2.05) is 6.92 Å². The second-order valence-electron chi connectivity index (χ2n) is 5.93. The topological polar surface area (TPSA) is 116 Å². The SMILES string of the molecule is CCOc1ccc(C(=O)NNC(=O)c2ccc(-c3nc(C)no3)cc2)cc1OC. The van der Waals surface area contributed by atoms with Crippen LogP contribution >= 0.6 is 0 Å². The van der Waals surface area contributed by atoms with Gasteiger partial charge >= 0.3 is 0 Å². The number of rotatable bonds is 6. The van der Waals surface area contributed by atoms with Gasteiger partial charge in [0.25, 0.3) is 17.7 Å². The highest BCUT2D eigenvalue weighted by Gasteiger charge is 2.13. The van der Waals surface area contributed by atoms with Gasteiger partial charge in [0, 0.05) is 16.7 Å². The molecule has 3 rings (SSSR count). The predicted octanol–water partition coefficient (Wildman–Crippen LogP) is 2.53. The average molecular weight is 396 g/mol. The number of amides is 2. The van der Waals surface area contributed by atoms with Crippen LogP contribution in [0, 0.1) is 6.92 Å². The highest BCUT2D eigenvalue weighted by molar-refractivity contribution is 5.99. The van der Waals surface area contributed by atoms with Gasteiger partial charge in [-0.05, 0) is 56.3 Å². The van der Waals surface area contributed by atoms with Crippen LogP contribution in [0.3, 0.4) is 0 Å². The van der Waals surface area contributed by atoms with E-state index >= 15 is 0 Å². The molecule has 0 saturated carbocycles. The third-order valence-electron chi connectivity index (χ3n) is 3.94. The molecular weight excluding hydrogens is 376 g/mol. The first-order valence-corrected chi connectivity index (χ1v) is 8.84. The van der Waals surface area contributed by atoms with Crippen molar-refractivity contribution in [3.05, 3.63) is 59.4 Å². The van der Waals surface area contributed by atoms with Crippen molar-refractivity contribution in [1.29, 1.82) is 0 Å². The number of benzene rings is 2. The fourth-order valence-corrected chi connectivity index (χ4v) is 2.52. The first kappa shape index (κ1) is 19.9. The Morgan fingerprint density at radius 2 is 1.66 bits per heavy atom. The van der Waals surface area contributed by atoms with Crippen LogP contribution in [0.2, 0.25) is 0 Å². The molecule has 0 fully saturated rings. The summed E-state index contributed by atoms with van der Waals surface area (Å²) < 4.78 is 15.7. The van der Waals surface area contributed by atoms with E-state index in [1.165, 1.54) is 13.2 Å². The van der Waals surface area contributed by atoms with Crippen molar-refractivity contribution in [3.8, 4) is 23.0 Å². The molecule has 2 N–H and O–H groups in total. The number of ether oxygens (including phenoxy) is 2. The van der Waals surface area contributed by atoms with Gasteiger partial charge < -0.3 is 14.0 Å². The summed E-state index contributed by atoms with van der Waals surface area (Å²) in [5.74, 6) is 0.898. The number of carbonyl (C=O) groups excluding carboxylic acids is 2. The minimum atomic E-state index is -0.488. The molecule has 0 spiro atoms. The summed E-state index contributed by atoms with van der Waals surface area (Å²) in [7, 11) is 1.49. The Morgan fingerprint density at radius 3 is 2.24 bits per heavy atom. The highest BCUT2D eigenvalue weighted by atomic mass is 16.5. The van der Waals surface area contributed by atoms with Gasteiger partial charge in [-0.15, -0.1) is 0 Å². The van der Waals surface area contributed by atoms with Gasteiger partial charge in [-0.2, -0.15) is 4.98 Å². The number of hydrogen-bond donors (Lipinski definition) is 2. The molecule has 0 aliphatic heterocycles. The van der Waals surface area contributed by atoms with Gasteiger partial charge in [0.1, 0.15) is 0 Å². The zero-order chi connectivity index (χ0) is 20.8. The molecule has 3 aromatic rings. The van der Waals surface area contributed by atoms with Gasteiger partial charge in [-0.3, -0.25) is 20.4 Å². The molecule has 1 aromatic heterocycles. The third-order valence-corrected chi connectivity index (χ3v) is 3.94. The van der Waals surface area contributed by atoms with Gasteiger partial charge in [0.2, 0.25) is 0 Å². The molecule has 2 amide bonds. The van der Waals surface area contributed by atoms with E-state index in [0.29, 0.717) is 46.5 Å². The van der Waals surface area contributed by atoms with Crippen molar-refractivity contribution in [3.63, 3.8) is 0 Å². The van der Waals surface area contributed by atoms with Gasteiger partial charge in [0.15, 0.2) is 17.3 Å². The zero-order valence-corrected chi connectivity index (χ0v) is 16.2. The highest BCUT2D eigenvalue weighted by Crippen LogP contribution is 2.28. The molecule has 0 aliphatic rings. The number of carbonyl (C=O) groups is 2. The molecule has 150 valence electrons. The number of hydrogen-bond acceptors (Lipinski definition) is 7.